The van der Waals surface area contributed by atoms with Crippen LogP contribution in [0.4, 0.5) is 52.2 Å². The Labute approximate surface area is 812 Å². The molecule has 136 heavy (non-hydrogen) atoms. The monoisotopic (exact) mass is 2080 g/mol. The highest BCUT2D eigenvalue weighted by Gasteiger charge is 2.64. The third kappa shape index (κ3) is 29.9. The van der Waals surface area contributed by atoms with Crippen molar-refractivity contribution in [2.45, 2.75) is 180 Å². The number of carboxylic acids is 1. The van der Waals surface area contributed by atoms with Crippen LogP contribution in [0.25, 0.3) is 0 Å². The molecule has 0 spiro atoms. The van der Waals surface area contributed by atoms with E-state index < -0.39 is 125 Å². The smallest absolute Gasteiger partial charge is 0.488 e. The van der Waals surface area contributed by atoms with Gasteiger partial charge in [-0.3, -0.25) is 9.59 Å². The highest BCUT2D eigenvalue weighted by atomic mass is 79.9. The summed E-state index contributed by atoms with van der Waals surface area (Å²) in [7, 11) is 3.72. The number of hydrogen-bond acceptors (Lipinski definition) is 21. The molecule has 0 bridgehead atoms. The molecular formula is C100H111B2Br3F8N6O17. The summed E-state index contributed by atoms with van der Waals surface area (Å²) in [5, 5.41) is 20.1. The van der Waals surface area contributed by atoms with Gasteiger partial charge in [0, 0.05) is 52.1 Å². The van der Waals surface area contributed by atoms with Crippen molar-refractivity contribution in [1.29, 1.82) is 0 Å². The molecule has 0 saturated carbocycles. The first-order valence-corrected chi connectivity index (χ1v) is 45.6. The molecule has 14 rings (SSSR count). The number of benzene rings is 10. The van der Waals surface area contributed by atoms with E-state index in [1.54, 1.807) is 6.07 Å². The first-order valence-electron chi connectivity index (χ1n) is 43.2. The van der Waals surface area contributed by atoms with Crippen molar-refractivity contribution in [2.24, 2.45) is 11.5 Å². The zero-order chi connectivity index (χ0) is 100. The predicted molar refractivity (Wildman–Crippen MR) is 516 cm³/mol. The molecule has 0 radical (unpaired) electrons. The summed E-state index contributed by atoms with van der Waals surface area (Å²) in [5.41, 5.74) is 15.5. The average Bonchev–Trinajstić information content (AvgIpc) is 1.59. The number of carboxylic acid groups (broad SMARTS) is 1. The second-order valence-corrected chi connectivity index (χ2v) is 36.4. The third-order valence-corrected chi connectivity index (χ3v) is 24.6. The standard InChI is InChI=1S/C28H27BrF2N2O4.C16H15F2NO2.C15H13F2NO2.C13H16BrNO3.C12H24B2O4.C8H5BrF2O2.C8H11N/c1-16(17-7-4-3-5-8-17)32-19-14-22(30)25(23(31)15-19)27(34)33-24(28(35)36-2)13-18-10-11-21(29)26-20(18)9-6-12-37-26;1-10(11-6-4-3-5-7-11)19-12-8-13(17)15(14(18)9-12)16(20)21-2;1-9(10-5-3-2-4-6-10)18-11-7-12(16)14(15(19)20)13(17)8-11;1-17-13(16)11(15)7-8-4-5-10(14)12-9(8)3-2-6-18-12;1-9(2)10(3,4)16-13(15-9)14-17-11(5,6)12(7,8)18-14;1-13-8(12)7-5(10)2-4(9)3-6(7)11;1-7(9)8-5-3-2-4-6-8/h3-5,7-8,10-11,14-16,24,32H,6,9,12-13H2,1-2H3,(H,33,34);3-10,19H,1-2H3;2-9,18H,1H3,(H,19,20);4-5,11H,2-3,6-7,15H2,1H3;1-8H3;2-3H,1H3;2-7H,9H2,1H3/t16-,24-;10-;9-;11-;;;7-/m0000..0/s1. The Bertz CT molecular complexity index is 5620. The van der Waals surface area contributed by atoms with Gasteiger partial charge < -0.3 is 84.9 Å². The lowest BCUT2D eigenvalue weighted by molar-refractivity contribution is -0.143. The predicted octanol–water partition coefficient (Wildman–Crippen LogP) is 21.8. The van der Waals surface area contributed by atoms with E-state index in [9.17, 15) is 63.9 Å². The van der Waals surface area contributed by atoms with Crippen LogP contribution in [0.3, 0.4) is 0 Å². The molecule has 4 aliphatic heterocycles. The zero-order valence-electron chi connectivity index (χ0n) is 78.0. The molecule has 10 aromatic rings. The van der Waals surface area contributed by atoms with Crippen molar-refractivity contribution in [1.82, 2.24) is 5.32 Å². The molecule has 4 heterocycles. The van der Waals surface area contributed by atoms with Gasteiger partial charge in [-0.25, -0.2) is 54.3 Å². The maximum Gasteiger partial charge on any atom is 0.488 e. The summed E-state index contributed by atoms with van der Waals surface area (Å²) in [6.45, 7) is 25.1. The van der Waals surface area contributed by atoms with Gasteiger partial charge >= 0.3 is 43.9 Å². The molecule has 10 aromatic carbocycles. The van der Waals surface area contributed by atoms with Crippen molar-refractivity contribution in [2.75, 3.05) is 57.6 Å². The number of carbonyl (C=O) groups is 6. The van der Waals surface area contributed by atoms with Crippen LogP contribution < -0.4 is 42.2 Å². The van der Waals surface area contributed by atoms with E-state index in [-0.39, 0.29) is 80.5 Å². The number of hydrogen-bond donors (Lipinski definition) is 7. The van der Waals surface area contributed by atoms with E-state index in [0.29, 0.717) is 18.8 Å². The summed E-state index contributed by atoms with van der Waals surface area (Å²) >= 11 is 9.83. The van der Waals surface area contributed by atoms with E-state index in [1.807, 2.05) is 223 Å². The largest absolute Gasteiger partial charge is 0.492 e. The van der Waals surface area contributed by atoms with Crippen LogP contribution in [-0.2, 0) is 72.8 Å². The van der Waals surface area contributed by atoms with E-state index in [4.69, 9.17) is 49.4 Å². The minimum Gasteiger partial charge on any atom is -0.492 e. The van der Waals surface area contributed by atoms with Crippen LogP contribution in [0.5, 0.6) is 11.5 Å². The van der Waals surface area contributed by atoms with Crippen molar-refractivity contribution < 1.29 is 116 Å². The van der Waals surface area contributed by atoms with Gasteiger partial charge in [-0.2, -0.15) is 0 Å². The first-order chi connectivity index (χ1) is 64.2. The number of rotatable bonds is 22. The molecule has 0 unspecified atom stereocenters. The molecule has 0 aliphatic carbocycles. The fraction of sp³-hybridized carbons (Fsp3) is 0.340. The number of anilines is 3. The molecule has 726 valence electrons. The van der Waals surface area contributed by atoms with Crippen molar-refractivity contribution in [3.63, 3.8) is 0 Å². The van der Waals surface area contributed by atoms with E-state index in [0.717, 1.165) is 149 Å². The number of esters is 4. The third-order valence-electron chi connectivity index (χ3n) is 22.9. The lowest BCUT2D eigenvalue weighted by atomic mass is 9.49. The Morgan fingerprint density at radius 1 is 0.412 bits per heavy atom. The topological polar surface area (TPSA) is 315 Å². The number of carbonyl (C=O) groups excluding carboxylic acids is 5. The van der Waals surface area contributed by atoms with Crippen LogP contribution in [0, 0.1) is 46.5 Å². The van der Waals surface area contributed by atoms with Crippen LogP contribution in [0.2, 0.25) is 0 Å². The molecule has 1 amide bonds. The lowest BCUT2D eigenvalue weighted by Gasteiger charge is -2.32. The van der Waals surface area contributed by atoms with Gasteiger partial charge in [0.15, 0.2) is 0 Å². The normalized spacial score (nSPS) is 15.5. The van der Waals surface area contributed by atoms with Gasteiger partial charge in [-0.1, -0.05) is 149 Å². The SMILES string of the molecule is CC1(C)OB(B2OC(C)(C)C(C)(C)O2)OC1(C)C.COC(=O)[C@@H](N)Cc1ccc(Br)c2c1CCCO2.COC(=O)[C@H](Cc1ccc(Br)c2c1CCCO2)NC(=O)c1c(F)cc(N[C@@H](C)c2ccccc2)cc1F.COC(=O)c1c(F)cc(Br)cc1F.COC(=O)c1c(F)cc(N[C@@H](C)c2ccccc2)cc1F.C[C@H](N)c1ccccc1.C[C@H](Nc1cc(F)c(C(=O)O)c(F)c1)c1ccccc1. The maximum absolute atomic E-state index is 15.0. The van der Waals surface area contributed by atoms with Crippen molar-refractivity contribution in [3.8, 4) is 11.5 Å². The Hall–Kier alpha value is -11.2. The number of methoxy groups -OCH3 is 4. The molecule has 0 aromatic heterocycles. The minimum absolute atomic E-state index is 0.0782. The molecule has 2 fully saturated rings. The Morgan fingerprint density at radius 2 is 0.713 bits per heavy atom. The minimum atomic E-state index is -1.62. The summed E-state index contributed by atoms with van der Waals surface area (Å²) < 4.78 is 166. The summed E-state index contributed by atoms with van der Waals surface area (Å²) in [4.78, 5) is 69.7. The van der Waals surface area contributed by atoms with E-state index in [2.05, 4.69) is 83.3 Å². The zero-order valence-corrected chi connectivity index (χ0v) is 82.8. The second kappa shape index (κ2) is 50.2. The Kier molecular flexibility index (Phi) is 40.7. The molecule has 6 atom stereocenters. The average molecular weight is 2080 g/mol. The summed E-state index contributed by atoms with van der Waals surface area (Å²) in [6, 6.07) is 52.0. The van der Waals surface area contributed by atoms with E-state index in [1.165, 1.54) is 19.8 Å². The van der Waals surface area contributed by atoms with Gasteiger partial charge in [-0.15, -0.1) is 0 Å². The van der Waals surface area contributed by atoms with Gasteiger partial charge in [0.2, 0.25) is 0 Å². The fourth-order valence-electron chi connectivity index (χ4n) is 14.1. The highest BCUT2D eigenvalue weighted by Crippen LogP contribution is 2.44. The quantitative estimate of drug-likeness (QED) is 0.0143. The molecule has 2 saturated heterocycles. The fourth-order valence-corrected chi connectivity index (χ4v) is 15.5. The molecule has 9 N–H and O–H groups in total. The first kappa shape index (κ1) is 110. The molecule has 4 aliphatic rings. The Balaban J connectivity index is 0.000000203. The van der Waals surface area contributed by atoms with Crippen molar-refractivity contribution >= 4 is 115 Å². The second-order valence-electron chi connectivity index (χ2n) is 33.8. The van der Waals surface area contributed by atoms with Crippen molar-refractivity contribution in [3.05, 3.63) is 321 Å². The van der Waals surface area contributed by atoms with Crippen LogP contribution in [0.15, 0.2) is 208 Å². The molecular weight excluding hydrogens is 1970 g/mol. The van der Waals surface area contributed by atoms with E-state index >= 15 is 0 Å². The number of ether oxygens (including phenoxy) is 6. The summed E-state index contributed by atoms with van der Waals surface area (Å²) in [5.74, 6) is -12.3. The Morgan fingerprint density at radius 3 is 1.01 bits per heavy atom. The van der Waals surface area contributed by atoms with Crippen LogP contribution >= 0.6 is 47.8 Å². The number of halogens is 11. The van der Waals surface area contributed by atoms with Gasteiger partial charge in [-0.05, 0) is 252 Å². The number of aromatic carboxylic acids is 1. The number of nitrogens with one attached hydrogen (secondary N) is 4. The van der Waals surface area contributed by atoms with Gasteiger partial charge in [0.05, 0.1) is 73.0 Å². The number of amides is 1. The highest BCUT2D eigenvalue weighted by molar-refractivity contribution is 9.11. The van der Waals surface area contributed by atoms with Crippen LogP contribution in [0.1, 0.15) is 206 Å². The molecule has 36 heteroatoms. The van der Waals surface area contributed by atoms with Crippen LogP contribution in [-0.4, -0.2) is 131 Å². The van der Waals surface area contributed by atoms with Gasteiger partial charge in [0.25, 0.3) is 5.91 Å². The molecule has 23 nitrogen and oxygen atoms in total. The number of nitrogens with two attached hydrogens (primary N) is 2. The van der Waals surface area contributed by atoms with Gasteiger partial charge in [0.1, 0.15) is 92.4 Å². The maximum atomic E-state index is 15.0. The summed E-state index contributed by atoms with van der Waals surface area (Å²) in [6.07, 6.45) is 4.05. The lowest BCUT2D eigenvalue weighted by Crippen LogP contribution is -2.43. The number of fused-ring (bicyclic) bond motifs is 2.